The molecule has 1 atom stereocenters. The third kappa shape index (κ3) is 3.92. The van der Waals surface area contributed by atoms with Crippen molar-refractivity contribution in [3.8, 4) is 5.75 Å². The fourth-order valence-corrected chi connectivity index (χ4v) is 4.71. The van der Waals surface area contributed by atoms with Gasteiger partial charge in [0.25, 0.3) is 15.9 Å². The zero-order valence-corrected chi connectivity index (χ0v) is 16.7. The van der Waals surface area contributed by atoms with Crippen molar-refractivity contribution in [3.63, 3.8) is 0 Å². The molecule has 0 spiro atoms. The highest BCUT2D eigenvalue weighted by atomic mass is 35.5. The largest absolute Gasteiger partial charge is 0.476 e. The first-order valence-corrected chi connectivity index (χ1v) is 10.7. The summed E-state index contributed by atoms with van der Waals surface area (Å²) < 4.78 is 33.5. The van der Waals surface area contributed by atoms with Crippen LogP contribution in [0.4, 0.5) is 11.4 Å². The van der Waals surface area contributed by atoms with Crippen LogP contribution in [0.5, 0.6) is 5.75 Å². The van der Waals surface area contributed by atoms with E-state index in [4.69, 9.17) is 16.3 Å². The first kappa shape index (κ1) is 19.3. The molecule has 0 fully saturated rings. The van der Waals surface area contributed by atoms with E-state index in [-0.39, 0.29) is 17.2 Å². The molecule has 8 heteroatoms. The molecule has 1 aliphatic rings. The number of para-hydroxylation sites is 1. The van der Waals surface area contributed by atoms with E-state index >= 15 is 0 Å². The Morgan fingerprint density at radius 1 is 1.00 bits per heavy atom. The molecule has 1 aliphatic heterocycles. The van der Waals surface area contributed by atoms with E-state index in [1.165, 1.54) is 22.5 Å². The standard InChI is InChI=1S/C21H17ClN2O4S/c22-15-11-12-19-18(13-15)24(29(26,27)17-9-5-2-6-10-17)14-20(28-19)21(25)23-16-7-3-1-4-8-16/h1-13,20H,14H2,(H,23,25). The number of halogens is 1. The number of carbonyl (C=O) groups is 1. The lowest BCUT2D eigenvalue weighted by atomic mass is 10.2. The molecule has 0 saturated carbocycles. The van der Waals surface area contributed by atoms with Gasteiger partial charge in [-0.2, -0.15) is 0 Å². The predicted molar refractivity (Wildman–Crippen MR) is 112 cm³/mol. The van der Waals surface area contributed by atoms with Gasteiger partial charge in [-0.1, -0.05) is 48.0 Å². The van der Waals surface area contributed by atoms with E-state index in [1.807, 2.05) is 6.07 Å². The topological polar surface area (TPSA) is 75.7 Å². The summed E-state index contributed by atoms with van der Waals surface area (Å²) >= 11 is 6.09. The van der Waals surface area contributed by atoms with Crippen molar-refractivity contribution in [1.82, 2.24) is 0 Å². The molecule has 29 heavy (non-hydrogen) atoms. The average molecular weight is 429 g/mol. The number of hydrogen-bond acceptors (Lipinski definition) is 4. The summed E-state index contributed by atoms with van der Waals surface area (Å²) in [5.41, 5.74) is 0.894. The third-order valence-corrected chi connectivity index (χ3v) is 6.48. The number of rotatable bonds is 4. The van der Waals surface area contributed by atoms with Crippen molar-refractivity contribution in [1.29, 1.82) is 0 Å². The smallest absolute Gasteiger partial charge is 0.267 e. The molecule has 3 aromatic rings. The lowest BCUT2D eigenvalue weighted by Gasteiger charge is -2.34. The zero-order valence-electron chi connectivity index (χ0n) is 15.2. The van der Waals surface area contributed by atoms with Crippen molar-refractivity contribution in [2.24, 2.45) is 0 Å². The number of nitrogens with one attached hydrogen (secondary N) is 1. The van der Waals surface area contributed by atoms with Crippen molar-refractivity contribution in [2.75, 3.05) is 16.2 Å². The highest BCUT2D eigenvalue weighted by molar-refractivity contribution is 7.92. The number of fused-ring (bicyclic) bond motifs is 1. The van der Waals surface area contributed by atoms with Crippen LogP contribution in [0.3, 0.4) is 0 Å². The van der Waals surface area contributed by atoms with Gasteiger partial charge in [-0.15, -0.1) is 0 Å². The van der Waals surface area contributed by atoms with Crippen LogP contribution < -0.4 is 14.4 Å². The number of amides is 1. The molecular weight excluding hydrogens is 412 g/mol. The van der Waals surface area contributed by atoms with Crippen LogP contribution in [0.1, 0.15) is 0 Å². The lowest BCUT2D eigenvalue weighted by Crippen LogP contribution is -2.48. The van der Waals surface area contributed by atoms with Crippen LogP contribution in [0.2, 0.25) is 5.02 Å². The third-order valence-electron chi connectivity index (χ3n) is 4.46. The number of ether oxygens (including phenoxy) is 1. The van der Waals surface area contributed by atoms with Gasteiger partial charge in [-0.05, 0) is 42.5 Å². The Labute approximate surface area is 173 Å². The number of sulfonamides is 1. The molecule has 148 valence electrons. The van der Waals surface area contributed by atoms with E-state index in [2.05, 4.69) is 5.32 Å². The van der Waals surface area contributed by atoms with E-state index < -0.39 is 22.0 Å². The summed E-state index contributed by atoms with van der Waals surface area (Å²) in [5, 5.41) is 3.12. The Bertz CT molecular complexity index is 1140. The Balaban J connectivity index is 1.71. The minimum Gasteiger partial charge on any atom is -0.476 e. The van der Waals surface area contributed by atoms with Crippen molar-refractivity contribution >= 4 is 38.9 Å². The number of anilines is 2. The van der Waals surface area contributed by atoms with Crippen molar-refractivity contribution in [2.45, 2.75) is 11.0 Å². The van der Waals surface area contributed by atoms with E-state index in [0.717, 1.165) is 0 Å². The number of hydrogen-bond donors (Lipinski definition) is 1. The summed E-state index contributed by atoms with van der Waals surface area (Å²) in [6.45, 7) is -0.177. The molecule has 1 heterocycles. The summed E-state index contributed by atoms with van der Waals surface area (Å²) in [7, 11) is -3.92. The number of nitrogens with zero attached hydrogens (tertiary/aromatic N) is 1. The van der Waals surface area contributed by atoms with Gasteiger partial charge in [0, 0.05) is 10.7 Å². The molecule has 3 aromatic carbocycles. The van der Waals surface area contributed by atoms with E-state index in [1.54, 1.807) is 54.6 Å². The van der Waals surface area contributed by atoms with Gasteiger partial charge in [0.1, 0.15) is 5.75 Å². The summed E-state index contributed by atoms with van der Waals surface area (Å²) in [6, 6.07) is 21.6. The molecule has 1 unspecified atom stereocenters. The van der Waals surface area contributed by atoms with Gasteiger partial charge in [0.15, 0.2) is 6.10 Å². The quantitative estimate of drug-likeness (QED) is 0.683. The first-order chi connectivity index (χ1) is 13.9. The zero-order chi connectivity index (χ0) is 20.4. The van der Waals surface area contributed by atoms with Gasteiger partial charge < -0.3 is 10.1 Å². The van der Waals surface area contributed by atoms with Gasteiger partial charge in [0.05, 0.1) is 17.1 Å². The normalized spacial score (nSPS) is 15.9. The predicted octanol–water partition coefficient (Wildman–Crippen LogP) is 3.94. The Kier molecular flexibility index (Phi) is 5.17. The van der Waals surface area contributed by atoms with Crippen molar-refractivity contribution in [3.05, 3.63) is 83.9 Å². The molecular formula is C21H17ClN2O4S. The molecule has 0 aliphatic carbocycles. The fourth-order valence-electron chi connectivity index (χ4n) is 3.05. The molecule has 4 rings (SSSR count). The second-order valence-corrected chi connectivity index (χ2v) is 8.72. The van der Waals surface area contributed by atoms with Crippen LogP contribution in [-0.4, -0.2) is 27.0 Å². The number of benzene rings is 3. The highest BCUT2D eigenvalue weighted by Crippen LogP contribution is 2.39. The minimum absolute atomic E-state index is 0.120. The molecule has 0 bridgehead atoms. The van der Waals surface area contributed by atoms with Crippen LogP contribution in [0.25, 0.3) is 0 Å². The monoisotopic (exact) mass is 428 g/mol. The maximum Gasteiger partial charge on any atom is 0.267 e. The second-order valence-electron chi connectivity index (χ2n) is 6.42. The lowest BCUT2D eigenvalue weighted by molar-refractivity contribution is -0.122. The molecule has 1 N–H and O–H groups in total. The summed E-state index contributed by atoms with van der Waals surface area (Å²) in [6.07, 6.45) is -1.03. The maximum absolute atomic E-state index is 13.3. The Morgan fingerprint density at radius 2 is 1.66 bits per heavy atom. The van der Waals surface area contributed by atoms with E-state index in [0.29, 0.717) is 16.4 Å². The van der Waals surface area contributed by atoms with Crippen LogP contribution >= 0.6 is 11.6 Å². The second kappa shape index (κ2) is 7.77. The number of carbonyl (C=O) groups excluding carboxylic acids is 1. The van der Waals surface area contributed by atoms with Crippen LogP contribution in [-0.2, 0) is 14.8 Å². The SMILES string of the molecule is O=C(Nc1ccccc1)C1CN(S(=O)(=O)c2ccccc2)c2cc(Cl)ccc2O1. The molecule has 0 aromatic heterocycles. The summed E-state index contributed by atoms with van der Waals surface area (Å²) in [5.74, 6) is -0.168. The van der Waals surface area contributed by atoms with Gasteiger partial charge in [-0.3, -0.25) is 9.10 Å². The van der Waals surface area contributed by atoms with Gasteiger partial charge in [0.2, 0.25) is 0 Å². The Hall–Kier alpha value is -3.03. The average Bonchev–Trinajstić information content (AvgIpc) is 2.74. The maximum atomic E-state index is 13.3. The fraction of sp³-hybridized carbons (Fsp3) is 0.0952. The van der Waals surface area contributed by atoms with Crippen LogP contribution in [0, 0.1) is 0 Å². The van der Waals surface area contributed by atoms with E-state index in [9.17, 15) is 13.2 Å². The molecule has 0 saturated heterocycles. The highest BCUT2D eigenvalue weighted by Gasteiger charge is 2.37. The van der Waals surface area contributed by atoms with Gasteiger partial charge in [-0.25, -0.2) is 8.42 Å². The Morgan fingerprint density at radius 3 is 2.34 bits per heavy atom. The first-order valence-electron chi connectivity index (χ1n) is 8.85. The van der Waals surface area contributed by atoms with Gasteiger partial charge >= 0.3 is 0 Å². The molecule has 1 amide bonds. The minimum atomic E-state index is -3.92. The summed E-state index contributed by atoms with van der Waals surface area (Å²) in [4.78, 5) is 12.9. The van der Waals surface area contributed by atoms with Crippen LogP contribution in [0.15, 0.2) is 83.8 Å². The molecule has 0 radical (unpaired) electrons. The van der Waals surface area contributed by atoms with Crippen molar-refractivity contribution < 1.29 is 17.9 Å². The molecule has 6 nitrogen and oxygen atoms in total.